The lowest BCUT2D eigenvalue weighted by atomic mass is 9.99. The summed E-state index contributed by atoms with van der Waals surface area (Å²) in [5.41, 5.74) is 2.48. The van der Waals surface area contributed by atoms with Gasteiger partial charge < -0.3 is 20.1 Å². The van der Waals surface area contributed by atoms with Crippen molar-refractivity contribution in [3.8, 4) is 11.3 Å². The number of rotatable bonds is 3. The third kappa shape index (κ3) is 2.69. The van der Waals surface area contributed by atoms with Gasteiger partial charge in [0.2, 0.25) is 0 Å². The van der Waals surface area contributed by atoms with E-state index in [1.807, 2.05) is 42.5 Å². The highest BCUT2D eigenvalue weighted by Gasteiger charge is 2.42. The van der Waals surface area contributed by atoms with Crippen LogP contribution >= 0.6 is 0 Å². The topological polar surface area (TPSA) is 82.8 Å². The predicted octanol–water partition coefficient (Wildman–Crippen LogP) is 0.903. The molecule has 2 aromatic rings. The van der Waals surface area contributed by atoms with E-state index in [1.165, 1.54) is 0 Å². The molecule has 2 heterocycles. The van der Waals surface area contributed by atoms with E-state index in [2.05, 4.69) is 4.98 Å². The van der Waals surface area contributed by atoms with Crippen LogP contribution in [-0.2, 0) is 4.74 Å². The summed E-state index contributed by atoms with van der Waals surface area (Å²) in [6, 6.07) is 13.1. The van der Waals surface area contributed by atoms with Gasteiger partial charge in [0.05, 0.1) is 12.3 Å². The van der Waals surface area contributed by atoms with Gasteiger partial charge >= 0.3 is 0 Å². The molecule has 0 bridgehead atoms. The minimum Gasteiger partial charge on any atom is -0.394 e. The summed E-state index contributed by atoms with van der Waals surface area (Å²) in [4.78, 5) is 4.29. The Morgan fingerprint density at radius 3 is 2.57 bits per heavy atom. The third-order valence-electron chi connectivity index (χ3n) is 3.72. The molecule has 1 aliphatic rings. The molecule has 1 aromatic heterocycles. The zero-order chi connectivity index (χ0) is 14.8. The molecule has 1 fully saturated rings. The first-order chi connectivity index (χ1) is 10.2. The highest BCUT2D eigenvalue weighted by Crippen LogP contribution is 2.34. The molecule has 5 heteroatoms. The molecule has 1 aromatic carbocycles. The van der Waals surface area contributed by atoms with Crippen molar-refractivity contribution in [2.24, 2.45) is 0 Å². The van der Waals surface area contributed by atoms with Crippen LogP contribution in [-0.4, -0.2) is 45.2 Å². The second-order valence-electron chi connectivity index (χ2n) is 5.10. The molecule has 0 amide bonds. The lowest BCUT2D eigenvalue weighted by Crippen LogP contribution is -2.32. The standard InChI is InChI=1S/C16H17NO4/c18-9-13-14(19)15(20)16(21-13)11-5-3-4-10(8-11)12-6-1-2-7-17-12/h1-8,13-16,18-20H,9H2/t13-,14-,15-,16+/m1/s1. The Bertz CT molecular complexity index is 604. The Morgan fingerprint density at radius 2 is 1.90 bits per heavy atom. The van der Waals surface area contributed by atoms with Gasteiger partial charge in [0.1, 0.15) is 24.4 Å². The molecule has 1 saturated heterocycles. The fourth-order valence-electron chi connectivity index (χ4n) is 2.58. The molecule has 0 saturated carbocycles. The molecule has 5 nitrogen and oxygen atoms in total. The SMILES string of the molecule is OC[C@H]1O[C@@H](c2cccc(-c3ccccn3)c2)[C@H](O)[C@@H]1O. The van der Waals surface area contributed by atoms with Gasteiger partial charge in [0, 0.05) is 11.8 Å². The van der Waals surface area contributed by atoms with Crippen LogP contribution in [0.2, 0.25) is 0 Å². The van der Waals surface area contributed by atoms with Gasteiger partial charge in [0.15, 0.2) is 0 Å². The van der Waals surface area contributed by atoms with Crippen molar-refractivity contribution in [2.75, 3.05) is 6.61 Å². The van der Waals surface area contributed by atoms with Crippen molar-refractivity contribution >= 4 is 0 Å². The average molecular weight is 287 g/mol. The zero-order valence-corrected chi connectivity index (χ0v) is 11.3. The molecule has 3 N–H and O–H groups in total. The molecule has 0 unspecified atom stereocenters. The number of hydrogen-bond donors (Lipinski definition) is 3. The predicted molar refractivity (Wildman–Crippen MR) is 76.4 cm³/mol. The third-order valence-corrected chi connectivity index (χ3v) is 3.72. The smallest absolute Gasteiger partial charge is 0.113 e. The van der Waals surface area contributed by atoms with E-state index in [1.54, 1.807) is 6.20 Å². The quantitative estimate of drug-likeness (QED) is 0.781. The Balaban J connectivity index is 1.90. The molecular formula is C16H17NO4. The summed E-state index contributed by atoms with van der Waals surface area (Å²) in [5, 5.41) is 29.0. The normalized spacial score (nSPS) is 28.7. The summed E-state index contributed by atoms with van der Waals surface area (Å²) < 4.78 is 5.54. The van der Waals surface area contributed by atoms with Crippen molar-refractivity contribution in [2.45, 2.75) is 24.4 Å². The monoisotopic (exact) mass is 287 g/mol. The van der Waals surface area contributed by atoms with E-state index in [0.717, 1.165) is 16.8 Å². The molecule has 4 atom stereocenters. The Morgan fingerprint density at radius 1 is 1.05 bits per heavy atom. The number of hydrogen-bond acceptors (Lipinski definition) is 5. The lowest BCUT2D eigenvalue weighted by molar-refractivity contribution is -0.0227. The van der Waals surface area contributed by atoms with E-state index in [0.29, 0.717) is 0 Å². The van der Waals surface area contributed by atoms with Gasteiger partial charge in [-0.25, -0.2) is 0 Å². The van der Waals surface area contributed by atoms with E-state index in [4.69, 9.17) is 9.84 Å². The van der Waals surface area contributed by atoms with Crippen LogP contribution in [0.15, 0.2) is 48.7 Å². The zero-order valence-electron chi connectivity index (χ0n) is 11.3. The summed E-state index contributed by atoms with van der Waals surface area (Å²) in [5.74, 6) is 0. The molecule has 1 aliphatic heterocycles. The number of benzene rings is 1. The summed E-state index contributed by atoms with van der Waals surface area (Å²) in [6.07, 6.45) is -1.84. The van der Waals surface area contributed by atoms with Crippen molar-refractivity contribution < 1.29 is 20.1 Å². The van der Waals surface area contributed by atoms with Crippen molar-refractivity contribution in [3.63, 3.8) is 0 Å². The fraction of sp³-hybridized carbons (Fsp3) is 0.312. The van der Waals surface area contributed by atoms with Gasteiger partial charge in [-0.1, -0.05) is 24.3 Å². The first-order valence-corrected chi connectivity index (χ1v) is 6.84. The number of aliphatic hydroxyl groups is 3. The molecule has 110 valence electrons. The molecule has 3 rings (SSSR count). The Hall–Kier alpha value is -1.79. The van der Waals surface area contributed by atoms with E-state index < -0.39 is 24.4 Å². The van der Waals surface area contributed by atoms with Gasteiger partial charge in [-0.2, -0.15) is 0 Å². The first-order valence-electron chi connectivity index (χ1n) is 6.84. The highest BCUT2D eigenvalue weighted by atomic mass is 16.6. The van der Waals surface area contributed by atoms with Gasteiger partial charge in [0.25, 0.3) is 0 Å². The minimum atomic E-state index is -1.08. The van der Waals surface area contributed by atoms with Crippen molar-refractivity contribution in [3.05, 3.63) is 54.2 Å². The second-order valence-corrected chi connectivity index (χ2v) is 5.10. The van der Waals surface area contributed by atoms with E-state index in [9.17, 15) is 10.2 Å². The molecule has 0 spiro atoms. The van der Waals surface area contributed by atoms with Crippen LogP contribution in [0.5, 0.6) is 0 Å². The summed E-state index contributed by atoms with van der Waals surface area (Å²) >= 11 is 0. The number of aromatic nitrogens is 1. The Kier molecular flexibility index (Phi) is 3.98. The van der Waals surface area contributed by atoms with Gasteiger partial charge in [-0.05, 0) is 23.8 Å². The number of ether oxygens (including phenoxy) is 1. The maximum absolute atomic E-state index is 10.1. The molecule has 21 heavy (non-hydrogen) atoms. The van der Waals surface area contributed by atoms with Crippen LogP contribution in [0.3, 0.4) is 0 Å². The van der Waals surface area contributed by atoms with E-state index >= 15 is 0 Å². The molecule has 0 radical (unpaired) electrons. The molecule has 0 aliphatic carbocycles. The first kappa shape index (κ1) is 14.2. The maximum Gasteiger partial charge on any atom is 0.113 e. The summed E-state index contributed by atoms with van der Waals surface area (Å²) in [6.45, 7) is -0.325. The second kappa shape index (κ2) is 5.91. The number of aliphatic hydroxyl groups excluding tert-OH is 3. The lowest BCUT2D eigenvalue weighted by Gasteiger charge is -2.16. The van der Waals surface area contributed by atoms with Crippen LogP contribution in [0.25, 0.3) is 11.3 Å². The highest BCUT2D eigenvalue weighted by molar-refractivity contribution is 5.60. The van der Waals surface area contributed by atoms with Crippen LogP contribution in [0.1, 0.15) is 11.7 Å². The number of nitrogens with zero attached hydrogens (tertiary/aromatic N) is 1. The van der Waals surface area contributed by atoms with Crippen LogP contribution in [0, 0.1) is 0 Å². The van der Waals surface area contributed by atoms with Crippen LogP contribution in [0.4, 0.5) is 0 Å². The van der Waals surface area contributed by atoms with E-state index in [-0.39, 0.29) is 6.61 Å². The van der Waals surface area contributed by atoms with Gasteiger partial charge in [-0.3, -0.25) is 4.98 Å². The van der Waals surface area contributed by atoms with Crippen molar-refractivity contribution in [1.29, 1.82) is 0 Å². The Labute approximate surface area is 122 Å². The molecular weight excluding hydrogens is 270 g/mol. The largest absolute Gasteiger partial charge is 0.394 e. The van der Waals surface area contributed by atoms with Crippen molar-refractivity contribution in [1.82, 2.24) is 4.98 Å². The minimum absolute atomic E-state index is 0.325. The van der Waals surface area contributed by atoms with Gasteiger partial charge in [-0.15, -0.1) is 0 Å². The average Bonchev–Trinajstić information content (AvgIpc) is 2.84. The summed E-state index contributed by atoms with van der Waals surface area (Å²) in [7, 11) is 0. The maximum atomic E-state index is 10.1. The number of pyridine rings is 1. The fourth-order valence-corrected chi connectivity index (χ4v) is 2.58. The van der Waals surface area contributed by atoms with Crippen LogP contribution < -0.4 is 0 Å².